The molecule has 20 heavy (non-hydrogen) atoms. The fraction of sp³-hybridized carbons (Fsp3) is 0.231. The number of carboxylic acids is 1. The number of rotatable bonds is 4. The van der Waals surface area contributed by atoms with Gasteiger partial charge in [0.2, 0.25) is 0 Å². The highest BCUT2D eigenvalue weighted by Crippen LogP contribution is 2.31. The quantitative estimate of drug-likeness (QED) is 0.935. The molecule has 0 spiro atoms. The second-order valence-electron chi connectivity index (χ2n) is 4.09. The molecule has 4 nitrogen and oxygen atoms in total. The molecule has 7 heteroatoms. The molecule has 0 amide bonds. The van der Waals surface area contributed by atoms with Crippen molar-refractivity contribution in [1.82, 2.24) is 4.98 Å². The van der Waals surface area contributed by atoms with E-state index in [1.54, 1.807) is 0 Å². The zero-order valence-electron chi connectivity index (χ0n) is 10.1. The predicted octanol–water partition coefficient (Wildman–Crippen LogP) is 3.38. The summed E-state index contributed by atoms with van der Waals surface area (Å²) in [5.74, 6) is -0.430. The van der Waals surface area contributed by atoms with Gasteiger partial charge in [0.15, 0.2) is 11.7 Å². The Morgan fingerprint density at radius 2 is 1.90 bits per heavy atom. The van der Waals surface area contributed by atoms with Crippen LogP contribution in [0.25, 0.3) is 11.3 Å². The molecule has 0 aliphatic rings. The van der Waals surface area contributed by atoms with E-state index in [0.29, 0.717) is 11.3 Å². The van der Waals surface area contributed by atoms with Crippen LogP contribution in [0.2, 0.25) is 0 Å². The number of carboxylic acid groups (broad SMARTS) is 1. The topological polar surface area (TPSA) is 63.3 Å². The zero-order valence-corrected chi connectivity index (χ0v) is 10.1. The summed E-state index contributed by atoms with van der Waals surface area (Å²) in [6, 6.07) is 4.47. The van der Waals surface area contributed by atoms with Crippen molar-refractivity contribution in [2.45, 2.75) is 19.0 Å². The molecule has 1 heterocycles. The van der Waals surface area contributed by atoms with Gasteiger partial charge in [0.1, 0.15) is 0 Å². The van der Waals surface area contributed by atoms with Crippen molar-refractivity contribution >= 4 is 5.97 Å². The lowest BCUT2D eigenvalue weighted by Crippen LogP contribution is -2.03. The van der Waals surface area contributed by atoms with Crippen molar-refractivity contribution < 1.29 is 27.5 Å². The highest BCUT2D eigenvalue weighted by Gasteiger charge is 2.30. The van der Waals surface area contributed by atoms with Crippen LogP contribution in [0.5, 0.6) is 0 Å². The number of carbonyl (C=O) groups is 1. The molecule has 1 aromatic heterocycles. The van der Waals surface area contributed by atoms with Crippen molar-refractivity contribution in [3.05, 3.63) is 41.9 Å². The van der Waals surface area contributed by atoms with Crippen LogP contribution in [-0.4, -0.2) is 16.1 Å². The van der Waals surface area contributed by atoms with Crippen molar-refractivity contribution in [3.8, 4) is 11.3 Å². The summed E-state index contributed by atoms with van der Waals surface area (Å²) in [5, 5.41) is 8.53. The van der Waals surface area contributed by atoms with Crippen LogP contribution in [-0.2, 0) is 17.4 Å². The van der Waals surface area contributed by atoms with Crippen molar-refractivity contribution in [2.24, 2.45) is 0 Å². The molecular formula is C13H10F3NO3. The Morgan fingerprint density at radius 1 is 1.25 bits per heavy atom. The molecule has 1 aromatic carbocycles. The van der Waals surface area contributed by atoms with E-state index in [1.807, 2.05) is 0 Å². The van der Waals surface area contributed by atoms with E-state index in [1.165, 1.54) is 18.3 Å². The molecule has 0 bridgehead atoms. The number of nitrogens with zero attached hydrogens (tertiary/aromatic N) is 1. The van der Waals surface area contributed by atoms with E-state index in [0.717, 1.165) is 12.1 Å². The maximum atomic E-state index is 12.4. The smallest absolute Gasteiger partial charge is 0.416 e. The Balaban J connectivity index is 2.14. The molecule has 0 saturated carbocycles. The second kappa shape index (κ2) is 5.36. The van der Waals surface area contributed by atoms with Gasteiger partial charge in [0.25, 0.3) is 0 Å². The Labute approximate surface area is 111 Å². The van der Waals surface area contributed by atoms with Gasteiger partial charge in [-0.1, -0.05) is 12.1 Å². The Kier molecular flexibility index (Phi) is 3.78. The maximum absolute atomic E-state index is 12.4. The summed E-state index contributed by atoms with van der Waals surface area (Å²) in [6.07, 6.45) is -3.00. The SMILES string of the molecule is O=C(O)CCc1ncc(-c2ccc(C(F)(F)F)cc2)o1. The van der Waals surface area contributed by atoms with Crippen LogP contribution in [0.15, 0.2) is 34.9 Å². The number of halogens is 3. The van der Waals surface area contributed by atoms with Crippen LogP contribution in [0, 0.1) is 0 Å². The average Bonchev–Trinajstić information content (AvgIpc) is 2.84. The Bertz CT molecular complexity index is 602. The van der Waals surface area contributed by atoms with Crippen molar-refractivity contribution in [1.29, 1.82) is 0 Å². The first-order chi connectivity index (χ1) is 9.36. The lowest BCUT2D eigenvalue weighted by Gasteiger charge is -2.06. The van der Waals surface area contributed by atoms with Crippen LogP contribution in [0.1, 0.15) is 17.9 Å². The molecule has 0 saturated heterocycles. The molecule has 0 aliphatic heterocycles. The zero-order chi connectivity index (χ0) is 14.8. The minimum atomic E-state index is -4.38. The van der Waals surface area contributed by atoms with Crippen LogP contribution in [0.4, 0.5) is 13.2 Å². The molecule has 1 N–H and O–H groups in total. The van der Waals surface area contributed by atoms with Gasteiger partial charge in [-0.05, 0) is 12.1 Å². The molecule has 2 aromatic rings. The Hall–Kier alpha value is -2.31. The number of aromatic nitrogens is 1. The fourth-order valence-corrected chi connectivity index (χ4v) is 1.60. The summed E-state index contributed by atoms with van der Waals surface area (Å²) in [6.45, 7) is 0. The second-order valence-corrected chi connectivity index (χ2v) is 4.09. The van der Waals surface area contributed by atoms with E-state index in [-0.39, 0.29) is 18.7 Å². The van der Waals surface area contributed by atoms with Crippen LogP contribution >= 0.6 is 0 Å². The lowest BCUT2D eigenvalue weighted by molar-refractivity contribution is -0.138. The molecule has 0 aliphatic carbocycles. The van der Waals surface area contributed by atoms with Gasteiger partial charge in [-0.25, -0.2) is 4.98 Å². The van der Waals surface area contributed by atoms with Crippen LogP contribution < -0.4 is 0 Å². The molecule has 0 radical (unpaired) electrons. The lowest BCUT2D eigenvalue weighted by atomic mass is 10.1. The van der Waals surface area contributed by atoms with Gasteiger partial charge in [-0.2, -0.15) is 13.2 Å². The van der Waals surface area contributed by atoms with Crippen molar-refractivity contribution in [3.63, 3.8) is 0 Å². The fourth-order valence-electron chi connectivity index (χ4n) is 1.60. The largest absolute Gasteiger partial charge is 0.481 e. The van der Waals surface area contributed by atoms with Gasteiger partial charge < -0.3 is 9.52 Å². The first-order valence-corrected chi connectivity index (χ1v) is 5.70. The molecule has 0 fully saturated rings. The highest BCUT2D eigenvalue weighted by atomic mass is 19.4. The summed E-state index contributed by atoms with van der Waals surface area (Å²) >= 11 is 0. The van der Waals surface area contributed by atoms with Gasteiger partial charge in [-0.15, -0.1) is 0 Å². The minimum absolute atomic E-state index is 0.118. The van der Waals surface area contributed by atoms with Crippen molar-refractivity contribution in [2.75, 3.05) is 0 Å². The molecule has 2 rings (SSSR count). The highest BCUT2D eigenvalue weighted by molar-refractivity contribution is 5.66. The third-order valence-corrected chi connectivity index (χ3v) is 2.60. The minimum Gasteiger partial charge on any atom is -0.481 e. The van der Waals surface area contributed by atoms with E-state index >= 15 is 0 Å². The average molecular weight is 285 g/mol. The van der Waals surface area contributed by atoms with Gasteiger partial charge in [-0.3, -0.25) is 4.79 Å². The number of benzene rings is 1. The standard InChI is InChI=1S/C13H10F3NO3/c14-13(15,16)9-3-1-8(2-4-9)10-7-17-11(20-10)5-6-12(18)19/h1-4,7H,5-6H2,(H,18,19). The van der Waals surface area contributed by atoms with Crippen LogP contribution in [0.3, 0.4) is 0 Å². The predicted molar refractivity (Wildman–Crippen MR) is 62.9 cm³/mol. The van der Waals surface area contributed by atoms with E-state index in [9.17, 15) is 18.0 Å². The normalized spacial score (nSPS) is 11.6. The van der Waals surface area contributed by atoms with E-state index in [2.05, 4.69) is 4.98 Å². The van der Waals surface area contributed by atoms with Gasteiger partial charge in [0, 0.05) is 12.0 Å². The van der Waals surface area contributed by atoms with E-state index < -0.39 is 17.7 Å². The molecule has 0 unspecified atom stereocenters. The number of hydrogen-bond donors (Lipinski definition) is 1. The maximum Gasteiger partial charge on any atom is 0.416 e. The monoisotopic (exact) mass is 285 g/mol. The first-order valence-electron chi connectivity index (χ1n) is 5.70. The number of oxazole rings is 1. The molecular weight excluding hydrogens is 275 g/mol. The molecule has 106 valence electrons. The Morgan fingerprint density at radius 3 is 2.45 bits per heavy atom. The molecule has 0 atom stereocenters. The third kappa shape index (κ3) is 3.37. The first kappa shape index (κ1) is 14.1. The van der Waals surface area contributed by atoms with Gasteiger partial charge >= 0.3 is 12.1 Å². The number of aryl methyl sites for hydroxylation is 1. The summed E-state index contributed by atoms with van der Waals surface area (Å²) in [4.78, 5) is 14.3. The number of hydrogen-bond acceptors (Lipinski definition) is 3. The van der Waals surface area contributed by atoms with Gasteiger partial charge in [0.05, 0.1) is 18.2 Å². The summed E-state index contributed by atoms with van der Waals surface area (Å²) in [7, 11) is 0. The summed E-state index contributed by atoms with van der Waals surface area (Å²) in [5.41, 5.74) is -0.293. The summed E-state index contributed by atoms with van der Waals surface area (Å²) < 4.78 is 42.5. The number of aliphatic carboxylic acids is 1. The van der Waals surface area contributed by atoms with E-state index in [4.69, 9.17) is 9.52 Å². The number of alkyl halides is 3. The third-order valence-electron chi connectivity index (χ3n) is 2.60.